The Kier molecular flexibility index (Phi) is 2.89. The lowest BCUT2D eigenvalue weighted by Crippen LogP contribution is -2.09. The molecule has 0 N–H and O–H groups in total. The molecule has 2 heteroatoms. The Morgan fingerprint density at radius 3 is 2.40 bits per heavy atom. The maximum Gasteiger partial charge on any atom is 0.200 e. The van der Waals surface area contributed by atoms with Crippen molar-refractivity contribution in [2.75, 3.05) is 0 Å². The van der Waals surface area contributed by atoms with Crippen LogP contribution in [-0.2, 0) is 6.42 Å². The van der Waals surface area contributed by atoms with Gasteiger partial charge in [-0.15, -0.1) is 0 Å². The van der Waals surface area contributed by atoms with E-state index in [1.165, 1.54) is 5.56 Å². The summed E-state index contributed by atoms with van der Waals surface area (Å²) in [4.78, 5) is 12.4. The number of benzene rings is 2. The molecule has 0 unspecified atom stereocenters. The van der Waals surface area contributed by atoms with E-state index in [-0.39, 0.29) is 10.8 Å². The third-order valence-corrected chi connectivity index (χ3v) is 3.38. The number of para-hydroxylation sites is 1. The van der Waals surface area contributed by atoms with Crippen molar-refractivity contribution in [3.8, 4) is 0 Å². The largest absolute Gasteiger partial charge is 0.456 e. The average Bonchev–Trinajstić information content (AvgIpc) is 2.37. The molecule has 0 aliphatic heterocycles. The molecule has 2 nitrogen and oxygen atoms in total. The van der Waals surface area contributed by atoms with Crippen LogP contribution in [-0.4, -0.2) is 0 Å². The van der Waals surface area contributed by atoms with Gasteiger partial charge in [0.1, 0.15) is 11.2 Å². The molecule has 0 aliphatic carbocycles. The molecule has 0 spiro atoms. The van der Waals surface area contributed by atoms with Crippen LogP contribution in [0.1, 0.15) is 26.3 Å². The summed E-state index contributed by atoms with van der Waals surface area (Å²) in [6.07, 6.45) is 0.958. The molecule has 0 radical (unpaired) electrons. The number of fused-ring (bicyclic) bond motifs is 2. The SMILES string of the molecule is CC(C)(C)Cc1ccc2c(=O)c3ccccc3oc2c1. The standard InChI is InChI=1S/C18H18O2/c1-18(2,3)11-12-8-9-14-16(10-12)20-15-7-5-4-6-13(15)17(14)19/h4-10H,11H2,1-3H3. The summed E-state index contributed by atoms with van der Waals surface area (Å²) in [5, 5.41) is 1.30. The van der Waals surface area contributed by atoms with E-state index in [0.717, 1.165) is 6.42 Å². The molecule has 0 bridgehead atoms. The first kappa shape index (κ1) is 12.9. The van der Waals surface area contributed by atoms with Crippen molar-refractivity contribution in [1.82, 2.24) is 0 Å². The molecule has 0 amide bonds. The Hall–Kier alpha value is -2.09. The highest BCUT2D eigenvalue weighted by Crippen LogP contribution is 2.24. The fraction of sp³-hybridized carbons (Fsp3) is 0.278. The third-order valence-electron chi connectivity index (χ3n) is 3.38. The summed E-state index contributed by atoms with van der Waals surface area (Å²) in [7, 11) is 0. The van der Waals surface area contributed by atoms with E-state index < -0.39 is 0 Å². The molecule has 0 saturated carbocycles. The van der Waals surface area contributed by atoms with E-state index in [2.05, 4.69) is 20.8 Å². The monoisotopic (exact) mass is 266 g/mol. The van der Waals surface area contributed by atoms with Gasteiger partial charge < -0.3 is 4.42 Å². The van der Waals surface area contributed by atoms with Crippen LogP contribution in [0.4, 0.5) is 0 Å². The van der Waals surface area contributed by atoms with Gasteiger partial charge in [-0.1, -0.05) is 39.0 Å². The molecule has 3 aromatic rings. The van der Waals surface area contributed by atoms with Gasteiger partial charge in [0.25, 0.3) is 0 Å². The highest BCUT2D eigenvalue weighted by molar-refractivity contribution is 5.89. The average molecular weight is 266 g/mol. The molecular formula is C18H18O2. The van der Waals surface area contributed by atoms with Crippen molar-refractivity contribution in [3.05, 3.63) is 58.3 Å². The van der Waals surface area contributed by atoms with Crippen LogP contribution >= 0.6 is 0 Å². The Bertz CT molecular complexity index is 835. The molecule has 0 fully saturated rings. The summed E-state index contributed by atoms with van der Waals surface area (Å²) in [6.45, 7) is 6.61. The first-order valence-electron chi connectivity index (χ1n) is 6.88. The fourth-order valence-electron chi connectivity index (χ4n) is 2.57. The van der Waals surface area contributed by atoms with E-state index in [1.54, 1.807) is 0 Å². The smallest absolute Gasteiger partial charge is 0.200 e. The highest BCUT2D eigenvalue weighted by Gasteiger charge is 2.13. The first-order chi connectivity index (χ1) is 9.44. The number of hydrogen-bond donors (Lipinski definition) is 0. The van der Waals surface area contributed by atoms with Gasteiger partial charge in [-0.2, -0.15) is 0 Å². The Morgan fingerprint density at radius 2 is 1.65 bits per heavy atom. The van der Waals surface area contributed by atoms with Gasteiger partial charge in [0.15, 0.2) is 0 Å². The molecule has 20 heavy (non-hydrogen) atoms. The van der Waals surface area contributed by atoms with Crippen LogP contribution in [0.3, 0.4) is 0 Å². The molecular weight excluding hydrogens is 248 g/mol. The summed E-state index contributed by atoms with van der Waals surface area (Å²) < 4.78 is 5.88. The van der Waals surface area contributed by atoms with Crippen molar-refractivity contribution >= 4 is 21.9 Å². The number of hydrogen-bond acceptors (Lipinski definition) is 2. The van der Waals surface area contributed by atoms with Crippen LogP contribution in [0.2, 0.25) is 0 Å². The Labute approximate surface area is 118 Å². The van der Waals surface area contributed by atoms with Gasteiger partial charge in [-0.05, 0) is 41.7 Å². The molecule has 102 valence electrons. The Balaban J connectivity index is 2.25. The minimum atomic E-state index is 0.0455. The van der Waals surface area contributed by atoms with Crippen LogP contribution in [0.15, 0.2) is 51.7 Å². The maximum absolute atomic E-state index is 12.4. The van der Waals surface area contributed by atoms with Gasteiger partial charge in [0.05, 0.1) is 10.8 Å². The normalized spacial score (nSPS) is 12.2. The van der Waals surface area contributed by atoms with Crippen molar-refractivity contribution in [1.29, 1.82) is 0 Å². The lowest BCUT2D eigenvalue weighted by molar-refractivity contribution is 0.411. The summed E-state index contributed by atoms with van der Waals surface area (Å²) in [5.74, 6) is 0. The van der Waals surface area contributed by atoms with E-state index in [0.29, 0.717) is 21.9 Å². The first-order valence-corrected chi connectivity index (χ1v) is 6.88. The quantitative estimate of drug-likeness (QED) is 0.605. The van der Waals surface area contributed by atoms with Crippen molar-refractivity contribution < 1.29 is 4.42 Å². The minimum Gasteiger partial charge on any atom is -0.456 e. The van der Waals surface area contributed by atoms with Crippen molar-refractivity contribution in [2.24, 2.45) is 5.41 Å². The van der Waals surface area contributed by atoms with Crippen LogP contribution in [0.5, 0.6) is 0 Å². The summed E-state index contributed by atoms with van der Waals surface area (Å²) in [5.41, 5.74) is 2.78. The van der Waals surface area contributed by atoms with Crippen LogP contribution in [0, 0.1) is 5.41 Å². The molecule has 1 heterocycles. The van der Waals surface area contributed by atoms with Crippen LogP contribution < -0.4 is 5.43 Å². The fourth-order valence-corrected chi connectivity index (χ4v) is 2.57. The van der Waals surface area contributed by atoms with Crippen molar-refractivity contribution in [3.63, 3.8) is 0 Å². The predicted molar refractivity (Wildman–Crippen MR) is 83.1 cm³/mol. The van der Waals surface area contributed by atoms with Gasteiger partial charge in [-0.25, -0.2) is 0 Å². The minimum absolute atomic E-state index is 0.0455. The second-order valence-corrected chi connectivity index (χ2v) is 6.50. The molecule has 0 aliphatic rings. The second-order valence-electron chi connectivity index (χ2n) is 6.50. The molecule has 1 aromatic heterocycles. The van der Waals surface area contributed by atoms with Gasteiger partial charge in [0, 0.05) is 0 Å². The topological polar surface area (TPSA) is 30.2 Å². The predicted octanol–water partition coefficient (Wildman–Crippen LogP) is 4.53. The van der Waals surface area contributed by atoms with E-state index in [4.69, 9.17) is 4.42 Å². The van der Waals surface area contributed by atoms with Gasteiger partial charge >= 0.3 is 0 Å². The number of rotatable bonds is 1. The van der Waals surface area contributed by atoms with Gasteiger partial charge in [-0.3, -0.25) is 4.79 Å². The zero-order valence-electron chi connectivity index (χ0n) is 12.1. The van der Waals surface area contributed by atoms with Gasteiger partial charge in [0.2, 0.25) is 5.43 Å². The highest BCUT2D eigenvalue weighted by atomic mass is 16.3. The zero-order valence-corrected chi connectivity index (χ0v) is 12.1. The van der Waals surface area contributed by atoms with E-state index >= 15 is 0 Å². The second kappa shape index (κ2) is 4.48. The van der Waals surface area contributed by atoms with E-state index in [1.807, 2.05) is 42.5 Å². The Morgan fingerprint density at radius 1 is 0.950 bits per heavy atom. The lowest BCUT2D eigenvalue weighted by Gasteiger charge is -2.18. The van der Waals surface area contributed by atoms with Crippen molar-refractivity contribution in [2.45, 2.75) is 27.2 Å². The zero-order chi connectivity index (χ0) is 14.3. The summed E-state index contributed by atoms with van der Waals surface area (Å²) in [6, 6.07) is 13.3. The summed E-state index contributed by atoms with van der Waals surface area (Å²) >= 11 is 0. The molecule has 3 rings (SSSR count). The molecule has 2 aromatic carbocycles. The van der Waals surface area contributed by atoms with Crippen LogP contribution in [0.25, 0.3) is 21.9 Å². The third kappa shape index (κ3) is 2.34. The maximum atomic E-state index is 12.4. The molecule has 0 saturated heterocycles. The van der Waals surface area contributed by atoms with E-state index in [9.17, 15) is 4.79 Å². The lowest BCUT2D eigenvalue weighted by atomic mass is 9.88. The molecule has 0 atom stereocenters.